The first-order valence-corrected chi connectivity index (χ1v) is 7.20. The van der Waals surface area contributed by atoms with E-state index >= 15 is 0 Å². The van der Waals surface area contributed by atoms with Gasteiger partial charge >= 0.3 is 0 Å². The van der Waals surface area contributed by atoms with Gasteiger partial charge in [-0.2, -0.15) is 0 Å². The normalized spacial score (nSPS) is 10.3. The lowest BCUT2D eigenvalue weighted by Gasteiger charge is -2.10. The van der Waals surface area contributed by atoms with Crippen LogP contribution < -0.4 is 10.1 Å². The number of nitrogens with zero attached hydrogens (tertiary/aromatic N) is 1. The van der Waals surface area contributed by atoms with Crippen LogP contribution in [0.5, 0.6) is 5.75 Å². The monoisotopic (exact) mass is 250 g/mol. The highest BCUT2D eigenvalue weighted by atomic mass is 16.5. The molecule has 3 heteroatoms. The van der Waals surface area contributed by atoms with Gasteiger partial charge in [0.15, 0.2) is 11.6 Å². The van der Waals surface area contributed by atoms with E-state index in [1.807, 2.05) is 19.1 Å². The predicted octanol–water partition coefficient (Wildman–Crippen LogP) is 4.25. The molecule has 102 valence electrons. The van der Waals surface area contributed by atoms with Gasteiger partial charge in [0, 0.05) is 12.7 Å². The average Bonchev–Trinajstić information content (AvgIpc) is 2.40. The van der Waals surface area contributed by atoms with Crippen LogP contribution in [0.4, 0.5) is 5.82 Å². The quantitative estimate of drug-likeness (QED) is 0.630. The second kappa shape index (κ2) is 9.75. The van der Waals surface area contributed by atoms with E-state index in [4.69, 9.17) is 4.74 Å². The molecule has 1 rings (SSSR count). The van der Waals surface area contributed by atoms with Crippen molar-refractivity contribution >= 4 is 5.82 Å². The zero-order chi connectivity index (χ0) is 13.1. The summed E-state index contributed by atoms with van der Waals surface area (Å²) in [6.07, 6.45) is 9.67. The van der Waals surface area contributed by atoms with Crippen LogP contribution in [0.3, 0.4) is 0 Å². The fourth-order valence-electron chi connectivity index (χ4n) is 1.91. The molecule has 0 bridgehead atoms. The first-order valence-electron chi connectivity index (χ1n) is 7.20. The number of hydrogen-bond acceptors (Lipinski definition) is 3. The summed E-state index contributed by atoms with van der Waals surface area (Å²) in [5.74, 6) is 1.72. The molecule has 18 heavy (non-hydrogen) atoms. The first kappa shape index (κ1) is 14.8. The van der Waals surface area contributed by atoms with Crippen molar-refractivity contribution < 1.29 is 4.74 Å². The third-order valence-corrected chi connectivity index (χ3v) is 2.89. The molecule has 0 radical (unpaired) electrons. The Bertz CT molecular complexity index is 315. The van der Waals surface area contributed by atoms with Gasteiger partial charge in [-0.1, -0.05) is 39.0 Å². The largest absolute Gasteiger partial charge is 0.490 e. The Hall–Kier alpha value is -1.25. The van der Waals surface area contributed by atoms with Crippen molar-refractivity contribution in [3.63, 3.8) is 0 Å². The Balaban J connectivity index is 2.18. The Kier molecular flexibility index (Phi) is 8.02. The number of anilines is 1. The second-order valence-corrected chi connectivity index (χ2v) is 4.48. The highest BCUT2D eigenvalue weighted by Crippen LogP contribution is 2.20. The van der Waals surface area contributed by atoms with Crippen LogP contribution in [0, 0.1) is 0 Å². The Labute approximate surface area is 111 Å². The van der Waals surface area contributed by atoms with Gasteiger partial charge < -0.3 is 10.1 Å². The van der Waals surface area contributed by atoms with E-state index < -0.39 is 0 Å². The molecule has 0 saturated carbocycles. The molecule has 0 saturated heterocycles. The summed E-state index contributed by atoms with van der Waals surface area (Å²) in [7, 11) is 0. The van der Waals surface area contributed by atoms with Crippen molar-refractivity contribution in [2.45, 2.75) is 52.4 Å². The molecule has 0 spiro atoms. The van der Waals surface area contributed by atoms with E-state index in [9.17, 15) is 0 Å². The van der Waals surface area contributed by atoms with Gasteiger partial charge in [-0.15, -0.1) is 0 Å². The SMILES string of the molecule is CCCCCCCCNc1ncccc1OCC. The van der Waals surface area contributed by atoms with E-state index in [-0.39, 0.29) is 0 Å². The fraction of sp³-hybridized carbons (Fsp3) is 0.667. The van der Waals surface area contributed by atoms with Gasteiger partial charge in [-0.05, 0) is 25.5 Å². The van der Waals surface area contributed by atoms with Crippen molar-refractivity contribution in [1.82, 2.24) is 4.98 Å². The molecular weight excluding hydrogens is 224 g/mol. The lowest BCUT2D eigenvalue weighted by molar-refractivity contribution is 0.340. The molecule has 0 unspecified atom stereocenters. The molecule has 0 fully saturated rings. The van der Waals surface area contributed by atoms with Crippen LogP contribution >= 0.6 is 0 Å². The molecule has 1 N–H and O–H groups in total. The number of hydrogen-bond donors (Lipinski definition) is 1. The predicted molar refractivity (Wildman–Crippen MR) is 77.3 cm³/mol. The molecule has 1 heterocycles. The summed E-state index contributed by atoms with van der Waals surface area (Å²) in [4.78, 5) is 4.31. The van der Waals surface area contributed by atoms with E-state index in [1.165, 1.54) is 38.5 Å². The molecule has 1 aromatic rings. The van der Waals surface area contributed by atoms with E-state index in [0.717, 1.165) is 18.1 Å². The smallest absolute Gasteiger partial charge is 0.168 e. The van der Waals surface area contributed by atoms with Gasteiger partial charge in [0.2, 0.25) is 0 Å². The van der Waals surface area contributed by atoms with Gasteiger partial charge in [-0.3, -0.25) is 0 Å². The summed E-state index contributed by atoms with van der Waals surface area (Å²) >= 11 is 0. The number of aromatic nitrogens is 1. The average molecular weight is 250 g/mol. The maximum absolute atomic E-state index is 5.52. The Morgan fingerprint density at radius 3 is 2.67 bits per heavy atom. The molecule has 0 aromatic carbocycles. The highest BCUT2D eigenvalue weighted by molar-refractivity contribution is 5.49. The minimum Gasteiger partial charge on any atom is -0.490 e. The number of pyridine rings is 1. The van der Waals surface area contributed by atoms with Gasteiger partial charge in [0.25, 0.3) is 0 Å². The fourth-order valence-corrected chi connectivity index (χ4v) is 1.91. The van der Waals surface area contributed by atoms with Crippen LogP contribution in [0.15, 0.2) is 18.3 Å². The maximum atomic E-state index is 5.52. The summed E-state index contributed by atoms with van der Waals surface area (Å²) < 4.78 is 5.52. The van der Waals surface area contributed by atoms with Crippen molar-refractivity contribution in [2.75, 3.05) is 18.5 Å². The van der Waals surface area contributed by atoms with E-state index in [0.29, 0.717) is 6.61 Å². The number of unbranched alkanes of at least 4 members (excludes halogenated alkanes) is 5. The third kappa shape index (κ3) is 5.89. The maximum Gasteiger partial charge on any atom is 0.168 e. The molecule has 0 aliphatic rings. The summed E-state index contributed by atoms with van der Waals surface area (Å²) in [6.45, 7) is 5.89. The molecular formula is C15H26N2O. The first-order chi connectivity index (χ1) is 8.88. The van der Waals surface area contributed by atoms with Crippen molar-refractivity contribution in [3.05, 3.63) is 18.3 Å². The lowest BCUT2D eigenvalue weighted by Crippen LogP contribution is -2.05. The number of nitrogens with one attached hydrogen (secondary N) is 1. The van der Waals surface area contributed by atoms with Crippen LogP contribution in [0.1, 0.15) is 52.4 Å². The molecule has 3 nitrogen and oxygen atoms in total. The minimum atomic E-state index is 0.678. The standard InChI is InChI=1S/C15H26N2O/c1-3-5-6-7-8-9-12-16-15-14(18-4-2)11-10-13-17-15/h10-11,13H,3-9,12H2,1-2H3,(H,16,17). The minimum absolute atomic E-state index is 0.678. The summed E-state index contributed by atoms with van der Waals surface area (Å²) in [6, 6.07) is 3.86. The molecule has 0 aliphatic heterocycles. The topological polar surface area (TPSA) is 34.2 Å². The van der Waals surface area contributed by atoms with Crippen LogP contribution in [-0.4, -0.2) is 18.1 Å². The van der Waals surface area contributed by atoms with Gasteiger partial charge in [0.1, 0.15) is 0 Å². The lowest BCUT2D eigenvalue weighted by atomic mass is 10.1. The Morgan fingerprint density at radius 2 is 1.89 bits per heavy atom. The third-order valence-electron chi connectivity index (χ3n) is 2.89. The van der Waals surface area contributed by atoms with Crippen LogP contribution in [0.25, 0.3) is 0 Å². The molecule has 0 atom stereocenters. The zero-order valence-electron chi connectivity index (χ0n) is 11.7. The van der Waals surface area contributed by atoms with Crippen LogP contribution in [-0.2, 0) is 0 Å². The number of rotatable bonds is 10. The molecule has 0 amide bonds. The number of ether oxygens (including phenoxy) is 1. The van der Waals surface area contributed by atoms with Crippen molar-refractivity contribution in [3.8, 4) is 5.75 Å². The zero-order valence-corrected chi connectivity index (χ0v) is 11.7. The van der Waals surface area contributed by atoms with Crippen LogP contribution in [0.2, 0.25) is 0 Å². The van der Waals surface area contributed by atoms with Gasteiger partial charge in [-0.25, -0.2) is 4.98 Å². The van der Waals surface area contributed by atoms with Crippen molar-refractivity contribution in [1.29, 1.82) is 0 Å². The van der Waals surface area contributed by atoms with E-state index in [1.54, 1.807) is 6.20 Å². The summed E-state index contributed by atoms with van der Waals surface area (Å²) in [5, 5.41) is 3.35. The highest BCUT2D eigenvalue weighted by Gasteiger charge is 2.02. The molecule has 1 aromatic heterocycles. The second-order valence-electron chi connectivity index (χ2n) is 4.48. The van der Waals surface area contributed by atoms with Crippen molar-refractivity contribution in [2.24, 2.45) is 0 Å². The van der Waals surface area contributed by atoms with Gasteiger partial charge in [0.05, 0.1) is 6.61 Å². The van der Waals surface area contributed by atoms with E-state index in [2.05, 4.69) is 17.2 Å². The Morgan fingerprint density at radius 1 is 1.11 bits per heavy atom. The summed E-state index contributed by atoms with van der Waals surface area (Å²) in [5.41, 5.74) is 0. The molecule has 0 aliphatic carbocycles.